The minimum absolute atomic E-state index is 0.106. The number of hydrogen-bond acceptors (Lipinski definition) is 10. The van der Waals surface area contributed by atoms with Crippen LogP contribution in [0.5, 0.6) is 11.5 Å². The SMILES string of the molecule is CCCCCOc1ccc(C2C(=C(O)c3ccncc3)C(=O)C(=O)N2c2nnc(SCc3ccccc3F)s2)cc1OC. The molecule has 222 valence electrons. The number of benzene rings is 2. The van der Waals surface area contributed by atoms with Crippen LogP contribution in [-0.4, -0.2) is 45.7 Å². The monoisotopic (exact) mass is 620 g/mol. The molecule has 0 aliphatic carbocycles. The molecule has 0 saturated carbocycles. The van der Waals surface area contributed by atoms with E-state index in [1.54, 1.807) is 48.5 Å². The number of ether oxygens (including phenoxy) is 2. The molecule has 0 radical (unpaired) electrons. The molecule has 43 heavy (non-hydrogen) atoms. The summed E-state index contributed by atoms with van der Waals surface area (Å²) in [5, 5.41) is 19.9. The highest BCUT2D eigenvalue weighted by molar-refractivity contribution is 8.00. The number of unbranched alkanes of at least 4 members (excludes halogenated alkanes) is 2. The van der Waals surface area contributed by atoms with Gasteiger partial charge in [0, 0.05) is 23.7 Å². The van der Waals surface area contributed by atoms with Crippen molar-refractivity contribution >= 4 is 45.7 Å². The van der Waals surface area contributed by atoms with Crippen molar-refractivity contribution in [1.29, 1.82) is 0 Å². The zero-order chi connectivity index (χ0) is 30.3. The summed E-state index contributed by atoms with van der Waals surface area (Å²) in [5.74, 6) is -1.14. The third-order valence-electron chi connectivity index (χ3n) is 6.82. The Balaban J connectivity index is 1.53. The van der Waals surface area contributed by atoms with E-state index in [0.29, 0.717) is 44.9 Å². The van der Waals surface area contributed by atoms with E-state index >= 15 is 0 Å². The van der Waals surface area contributed by atoms with Crippen molar-refractivity contribution in [2.75, 3.05) is 18.6 Å². The number of thioether (sulfide) groups is 1. The van der Waals surface area contributed by atoms with Crippen molar-refractivity contribution in [3.05, 3.63) is 95.1 Å². The number of pyridine rings is 1. The molecular weight excluding hydrogens is 591 g/mol. The van der Waals surface area contributed by atoms with Gasteiger partial charge in [-0.3, -0.25) is 19.5 Å². The largest absolute Gasteiger partial charge is 0.507 e. The zero-order valence-electron chi connectivity index (χ0n) is 23.5. The molecule has 0 spiro atoms. The number of carbonyl (C=O) groups is 2. The molecule has 1 unspecified atom stereocenters. The molecular formula is C31H29FN4O5S2. The molecule has 5 rings (SSSR count). The van der Waals surface area contributed by atoms with Gasteiger partial charge in [-0.25, -0.2) is 4.39 Å². The summed E-state index contributed by atoms with van der Waals surface area (Å²) in [7, 11) is 1.51. The van der Waals surface area contributed by atoms with Crippen molar-refractivity contribution in [3.8, 4) is 11.5 Å². The van der Waals surface area contributed by atoms with Crippen LogP contribution in [0, 0.1) is 5.82 Å². The molecule has 2 aromatic heterocycles. The first-order valence-corrected chi connectivity index (χ1v) is 15.4. The van der Waals surface area contributed by atoms with Crippen LogP contribution in [0.2, 0.25) is 0 Å². The highest BCUT2D eigenvalue weighted by atomic mass is 32.2. The molecule has 1 N–H and O–H groups in total. The fourth-order valence-corrected chi connectivity index (χ4v) is 6.49. The third-order valence-corrected chi connectivity index (χ3v) is 8.92. The van der Waals surface area contributed by atoms with Gasteiger partial charge in [0.15, 0.2) is 15.8 Å². The van der Waals surface area contributed by atoms with E-state index in [1.165, 1.54) is 42.2 Å². The number of carbonyl (C=O) groups excluding carboxylic acids is 2. The quantitative estimate of drug-likeness (QED) is 0.0469. The number of anilines is 1. The molecule has 2 aromatic carbocycles. The van der Waals surface area contributed by atoms with Crippen LogP contribution in [0.4, 0.5) is 9.52 Å². The van der Waals surface area contributed by atoms with E-state index in [-0.39, 0.29) is 22.3 Å². The Morgan fingerprint density at radius 1 is 1.07 bits per heavy atom. The van der Waals surface area contributed by atoms with Gasteiger partial charge in [-0.1, -0.05) is 67.1 Å². The number of nitrogens with zero attached hydrogens (tertiary/aromatic N) is 4. The molecule has 9 nitrogen and oxygen atoms in total. The van der Waals surface area contributed by atoms with Crippen molar-refractivity contribution < 1.29 is 28.6 Å². The number of methoxy groups -OCH3 is 1. The normalized spacial score (nSPS) is 16.1. The predicted molar refractivity (Wildman–Crippen MR) is 163 cm³/mol. The van der Waals surface area contributed by atoms with Gasteiger partial charge in [0.05, 0.1) is 25.3 Å². The predicted octanol–water partition coefficient (Wildman–Crippen LogP) is 6.57. The van der Waals surface area contributed by atoms with Crippen molar-refractivity contribution in [2.45, 2.75) is 42.3 Å². The van der Waals surface area contributed by atoms with Crippen molar-refractivity contribution in [3.63, 3.8) is 0 Å². The van der Waals surface area contributed by atoms with E-state index in [9.17, 15) is 19.1 Å². The summed E-state index contributed by atoms with van der Waals surface area (Å²) >= 11 is 2.37. The number of hydrogen-bond donors (Lipinski definition) is 1. The molecule has 1 aliphatic heterocycles. The van der Waals surface area contributed by atoms with Gasteiger partial charge in [-0.2, -0.15) is 0 Å². The minimum atomic E-state index is -1.03. The maximum absolute atomic E-state index is 14.1. The first kappa shape index (κ1) is 30.2. The first-order valence-electron chi connectivity index (χ1n) is 13.6. The maximum atomic E-state index is 14.1. The summed E-state index contributed by atoms with van der Waals surface area (Å²) in [6, 6.07) is 13.7. The smallest absolute Gasteiger partial charge is 0.301 e. The van der Waals surface area contributed by atoms with Gasteiger partial charge < -0.3 is 14.6 Å². The summed E-state index contributed by atoms with van der Waals surface area (Å²) in [5.41, 5.74) is 1.24. The Morgan fingerprint density at radius 2 is 1.86 bits per heavy atom. The van der Waals surface area contributed by atoms with Gasteiger partial charge in [0.25, 0.3) is 5.78 Å². The molecule has 1 fully saturated rings. The molecule has 12 heteroatoms. The van der Waals surface area contributed by atoms with Crippen LogP contribution < -0.4 is 14.4 Å². The number of halogens is 1. The van der Waals surface area contributed by atoms with Crippen molar-refractivity contribution in [1.82, 2.24) is 15.2 Å². The van der Waals surface area contributed by atoms with Gasteiger partial charge in [0.2, 0.25) is 5.13 Å². The van der Waals surface area contributed by atoms with Crippen LogP contribution >= 0.6 is 23.1 Å². The lowest BCUT2D eigenvalue weighted by Crippen LogP contribution is -2.29. The highest BCUT2D eigenvalue weighted by Gasteiger charge is 2.48. The number of aromatic nitrogens is 3. The van der Waals surface area contributed by atoms with E-state index in [0.717, 1.165) is 30.6 Å². The summed E-state index contributed by atoms with van der Waals surface area (Å²) in [4.78, 5) is 32.2. The van der Waals surface area contributed by atoms with E-state index < -0.39 is 17.7 Å². The number of ketones is 1. The second-order valence-electron chi connectivity index (χ2n) is 9.60. The lowest BCUT2D eigenvalue weighted by atomic mass is 9.95. The van der Waals surface area contributed by atoms with E-state index in [1.807, 2.05) is 0 Å². The van der Waals surface area contributed by atoms with Gasteiger partial charge >= 0.3 is 5.91 Å². The van der Waals surface area contributed by atoms with E-state index in [2.05, 4.69) is 22.1 Å². The molecule has 4 aromatic rings. The number of aliphatic hydroxyl groups is 1. The highest BCUT2D eigenvalue weighted by Crippen LogP contribution is 2.45. The fraction of sp³-hybridized carbons (Fsp3) is 0.258. The lowest BCUT2D eigenvalue weighted by molar-refractivity contribution is -0.132. The number of Topliss-reactive ketones (excluding diaryl/α,β-unsaturated/α-hetero) is 1. The molecule has 1 saturated heterocycles. The summed E-state index contributed by atoms with van der Waals surface area (Å²) < 4.78 is 26.2. The molecule has 1 aliphatic rings. The Bertz CT molecular complexity index is 1650. The lowest BCUT2D eigenvalue weighted by Gasteiger charge is -2.23. The first-order chi connectivity index (χ1) is 20.9. The van der Waals surface area contributed by atoms with Crippen molar-refractivity contribution in [2.24, 2.45) is 0 Å². The van der Waals surface area contributed by atoms with Gasteiger partial charge in [-0.05, 0) is 47.9 Å². The van der Waals surface area contributed by atoms with Crippen LogP contribution in [0.1, 0.15) is 48.9 Å². The zero-order valence-corrected chi connectivity index (χ0v) is 25.2. The molecule has 0 bridgehead atoms. The average Bonchev–Trinajstić information content (AvgIpc) is 3.60. The number of rotatable bonds is 12. The Hall–Kier alpha value is -4.29. The minimum Gasteiger partial charge on any atom is -0.507 e. The molecule has 1 amide bonds. The van der Waals surface area contributed by atoms with E-state index in [4.69, 9.17) is 9.47 Å². The van der Waals surface area contributed by atoms with Crippen LogP contribution in [0.3, 0.4) is 0 Å². The Morgan fingerprint density at radius 3 is 2.60 bits per heavy atom. The standard InChI is InChI=1S/C31H29FN4O5S2/c1-3-4-7-16-41-23-11-10-20(17-24(23)40-2)26-25(27(37)19-12-14-33-15-13-19)28(38)29(39)36(26)30-34-35-31(43-30)42-18-21-8-5-6-9-22(21)32/h5-6,8-15,17,26,37H,3-4,7,16,18H2,1-2H3. The molecule has 3 heterocycles. The summed E-state index contributed by atoms with van der Waals surface area (Å²) in [6.07, 6.45) is 5.95. The van der Waals surface area contributed by atoms with Crippen LogP contribution in [-0.2, 0) is 15.3 Å². The Kier molecular flexibility index (Phi) is 9.68. The maximum Gasteiger partial charge on any atom is 0.301 e. The van der Waals surface area contributed by atoms with Gasteiger partial charge in [0.1, 0.15) is 11.6 Å². The number of aliphatic hydroxyl groups excluding tert-OH is 1. The molecule has 1 atom stereocenters. The second-order valence-corrected chi connectivity index (χ2v) is 11.8. The fourth-order valence-electron chi connectivity index (χ4n) is 4.63. The summed E-state index contributed by atoms with van der Waals surface area (Å²) in [6.45, 7) is 2.63. The Labute approximate surface area is 256 Å². The van der Waals surface area contributed by atoms with Crippen LogP contribution in [0.15, 0.2) is 76.9 Å². The second kappa shape index (κ2) is 13.8. The van der Waals surface area contributed by atoms with Gasteiger partial charge in [-0.15, -0.1) is 10.2 Å². The average molecular weight is 621 g/mol. The number of amides is 1. The topological polar surface area (TPSA) is 115 Å². The van der Waals surface area contributed by atoms with Crippen LogP contribution in [0.25, 0.3) is 5.76 Å². The third kappa shape index (κ3) is 6.55.